The van der Waals surface area contributed by atoms with E-state index in [1.807, 2.05) is 35.7 Å². The number of hydrogen-bond acceptors (Lipinski definition) is 4. The van der Waals surface area contributed by atoms with Gasteiger partial charge in [-0.05, 0) is 23.8 Å². The number of carbonyl (C=O) groups excluding carboxylic acids is 1. The second kappa shape index (κ2) is 7.53. The molecule has 0 saturated carbocycles. The van der Waals surface area contributed by atoms with Crippen molar-refractivity contribution in [1.29, 1.82) is 0 Å². The van der Waals surface area contributed by atoms with Crippen LogP contribution in [0.3, 0.4) is 0 Å². The lowest BCUT2D eigenvalue weighted by Gasteiger charge is -2.09. The van der Waals surface area contributed by atoms with Crippen molar-refractivity contribution in [1.82, 2.24) is 4.98 Å². The Kier molecular flexibility index (Phi) is 5.20. The molecule has 2 nitrogen and oxygen atoms in total. The first-order valence-electron chi connectivity index (χ1n) is 7.13. The molecule has 0 bridgehead atoms. The molecule has 3 rings (SSSR count). The molecule has 23 heavy (non-hydrogen) atoms. The fraction of sp³-hybridized carbons (Fsp3) is 0.111. The van der Waals surface area contributed by atoms with Crippen LogP contribution >= 0.6 is 23.1 Å². The first kappa shape index (κ1) is 15.9. The van der Waals surface area contributed by atoms with E-state index in [0.29, 0.717) is 17.7 Å². The van der Waals surface area contributed by atoms with Crippen molar-refractivity contribution in [3.05, 3.63) is 76.5 Å². The van der Waals surface area contributed by atoms with Crippen LogP contribution in [0.2, 0.25) is 0 Å². The predicted molar refractivity (Wildman–Crippen MR) is 91.5 cm³/mol. The fourth-order valence-corrected chi connectivity index (χ4v) is 3.79. The number of nitrogens with zero attached hydrogens (tertiary/aromatic N) is 1. The topological polar surface area (TPSA) is 30.0 Å². The average Bonchev–Trinajstić information content (AvgIpc) is 3.04. The zero-order valence-corrected chi connectivity index (χ0v) is 13.9. The van der Waals surface area contributed by atoms with E-state index in [0.717, 1.165) is 15.5 Å². The maximum absolute atomic E-state index is 13.8. The van der Waals surface area contributed by atoms with Gasteiger partial charge in [0.2, 0.25) is 0 Å². The summed E-state index contributed by atoms with van der Waals surface area (Å²) in [5.74, 6) is -0.136. The molecule has 0 atom stereocenters. The van der Waals surface area contributed by atoms with Gasteiger partial charge in [0.1, 0.15) is 11.6 Å². The van der Waals surface area contributed by atoms with Crippen molar-refractivity contribution < 1.29 is 9.18 Å². The summed E-state index contributed by atoms with van der Waals surface area (Å²) in [5, 5.41) is 2.69. The van der Waals surface area contributed by atoms with E-state index in [1.54, 1.807) is 18.3 Å². The molecule has 3 aromatic rings. The summed E-state index contributed by atoms with van der Waals surface area (Å²) < 4.78 is 13.8. The zero-order chi connectivity index (χ0) is 16.1. The summed E-state index contributed by atoms with van der Waals surface area (Å²) in [4.78, 5) is 17.8. The van der Waals surface area contributed by atoms with Gasteiger partial charge in [0.25, 0.3) is 0 Å². The van der Waals surface area contributed by atoms with Crippen molar-refractivity contribution >= 4 is 28.9 Å². The standard InChI is InChI=1S/C18H14FNOS2/c19-15-6-2-4-8-17(15)23-16-7-3-1-5-13(16)11-14(21)12-18-20-9-10-22-18/h1-10H,11-12H2. The second-order valence-corrected chi connectivity index (χ2v) is 7.02. The van der Waals surface area contributed by atoms with E-state index < -0.39 is 0 Å². The minimum Gasteiger partial charge on any atom is -0.299 e. The van der Waals surface area contributed by atoms with Crippen LogP contribution in [-0.4, -0.2) is 10.8 Å². The smallest absolute Gasteiger partial charge is 0.144 e. The third-order valence-corrected chi connectivity index (χ3v) is 5.20. The van der Waals surface area contributed by atoms with Gasteiger partial charge in [-0.2, -0.15) is 0 Å². The van der Waals surface area contributed by atoms with Crippen LogP contribution in [0.15, 0.2) is 69.9 Å². The van der Waals surface area contributed by atoms with Crippen LogP contribution in [0.1, 0.15) is 10.6 Å². The second-order valence-electron chi connectivity index (χ2n) is 4.96. The number of ketones is 1. The van der Waals surface area contributed by atoms with Gasteiger partial charge < -0.3 is 0 Å². The average molecular weight is 343 g/mol. The number of thiazole rings is 1. The number of aromatic nitrogens is 1. The highest BCUT2D eigenvalue weighted by Gasteiger charge is 2.12. The number of benzene rings is 2. The molecular formula is C18H14FNOS2. The highest BCUT2D eigenvalue weighted by atomic mass is 32.2. The summed E-state index contributed by atoms with van der Waals surface area (Å²) in [6.45, 7) is 0. The Morgan fingerprint density at radius 2 is 1.78 bits per heavy atom. The molecule has 0 saturated heterocycles. The molecule has 1 heterocycles. The van der Waals surface area contributed by atoms with E-state index in [4.69, 9.17) is 0 Å². The van der Waals surface area contributed by atoms with Crippen LogP contribution in [0, 0.1) is 5.82 Å². The number of carbonyl (C=O) groups is 1. The largest absolute Gasteiger partial charge is 0.299 e. The van der Waals surface area contributed by atoms with Gasteiger partial charge in [0.15, 0.2) is 0 Å². The lowest BCUT2D eigenvalue weighted by atomic mass is 10.1. The van der Waals surface area contributed by atoms with Gasteiger partial charge in [-0.25, -0.2) is 9.37 Å². The van der Waals surface area contributed by atoms with Crippen molar-refractivity contribution in [3.63, 3.8) is 0 Å². The first-order valence-corrected chi connectivity index (χ1v) is 8.82. The molecule has 0 spiro atoms. The van der Waals surface area contributed by atoms with Crippen molar-refractivity contribution in [2.24, 2.45) is 0 Å². The molecule has 0 aliphatic rings. The third-order valence-electron chi connectivity index (χ3n) is 3.25. The molecule has 116 valence electrons. The van der Waals surface area contributed by atoms with Crippen molar-refractivity contribution in [3.8, 4) is 0 Å². The number of halogens is 1. The zero-order valence-electron chi connectivity index (χ0n) is 12.2. The maximum atomic E-state index is 13.8. The highest BCUT2D eigenvalue weighted by Crippen LogP contribution is 2.32. The Balaban J connectivity index is 1.75. The molecule has 0 unspecified atom stereocenters. The minimum absolute atomic E-state index is 0.113. The SMILES string of the molecule is O=C(Cc1nccs1)Cc1ccccc1Sc1ccccc1F. The molecule has 1 aromatic heterocycles. The van der Waals surface area contributed by atoms with Crippen molar-refractivity contribution in [2.75, 3.05) is 0 Å². The van der Waals surface area contributed by atoms with Gasteiger partial charge >= 0.3 is 0 Å². The molecule has 0 N–H and O–H groups in total. The summed E-state index contributed by atoms with van der Waals surface area (Å²) >= 11 is 2.83. The van der Waals surface area contributed by atoms with E-state index >= 15 is 0 Å². The van der Waals surface area contributed by atoms with Crippen molar-refractivity contribution in [2.45, 2.75) is 22.6 Å². The van der Waals surface area contributed by atoms with Crippen LogP contribution in [0.4, 0.5) is 4.39 Å². The monoisotopic (exact) mass is 343 g/mol. The molecular weight excluding hydrogens is 329 g/mol. The highest BCUT2D eigenvalue weighted by molar-refractivity contribution is 7.99. The first-order chi connectivity index (χ1) is 11.2. The molecule has 0 aliphatic carbocycles. The van der Waals surface area contributed by atoms with E-state index in [1.165, 1.54) is 29.2 Å². The predicted octanol–water partition coefficient (Wildman–Crippen LogP) is 4.79. The van der Waals surface area contributed by atoms with Crippen LogP contribution in [0.25, 0.3) is 0 Å². The quantitative estimate of drug-likeness (QED) is 0.645. The summed E-state index contributed by atoms with van der Waals surface area (Å²) in [5.41, 5.74) is 0.919. The molecule has 5 heteroatoms. The molecule has 0 radical (unpaired) electrons. The summed E-state index contributed by atoms with van der Waals surface area (Å²) in [6, 6.07) is 14.3. The van der Waals surface area contributed by atoms with Gasteiger partial charge in [-0.1, -0.05) is 42.1 Å². The number of hydrogen-bond donors (Lipinski definition) is 0. The van der Waals surface area contributed by atoms with E-state index in [2.05, 4.69) is 4.98 Å². The van der Waals surface area contributed by atoms with Gasteiger partial charge in [-0.3, -0.25) is 4.79 Å². The lowest BCUT2D eigenvalue weighted by molar-refractivity contribution is -0.117. The third kappa shape index (κ3) is 4.27. The Bertz CT molecular complexity index is 802. The summed E-state index contributed by atoms with van der Waals surface area (Å²) in [6.07, 6.45) is 2.38. The number of rotatable bonds is 6. The van der Waals surface area contributed by atoms with Gasteiger partial charge in [0.05, 0.1) is 11.4 Å². The maximum Gasteiger partial charge on any atom is 0.144 e. The Morgan fingerprint density at radius 3 is 2.52 bits per heavy atom. The molecule has 0 aliphatic heterocycles. The van der Waals surface area contributed by atoms with E-state index in [9.17, 15) is 9.18 Å². The normalized spacial score (nSPS) is 10.7. The van der Waals surface area contributed by atoms with Crippen LogP contribution < -0.4 is 0 Å². The molecule has 2 aromatic carbocycles. The van der Waals surface area contributed by atoms with Crippen LogP contribution in [-0.2, 0) is 17.6 Å². The Morgan fingerprint density at radius 1 is 1.04 bits per heavy atom. The Hall–Kier alpha value is -1.98. The van der Waals surface area contributed by atoms with E-state index in [-0.39, 0.29) is 11.6 Å². The van der Waals surface area contributed by atoms with Gasteiger partial charge in [-0.15, -0.1) is 11.3 Å². The Labute approximate surface area is 142 Å². The van der Waals surface area contributed by atoms with Gasteiger partial charge in [0, 0.05) is 27.8 Å². The fourth-order valence-electron chi connectivity index (χ4n) is 2.18. The summed E-state index contributed by atoms with van der Waals surface area (Å²) in [7, 11) is 0. The molecule has 0 fully saturated rings. The lowest BCUT2D eigenvalue weighted by Crippen LogP contribution is -2.07. The van der Waals surface area contributed by atoms with Crippen LogP contribution in [0.5, 0.6) is 0 Å². The number of Topliss-reactive ketones (excluding diaryl/α,β-unsaturated/α-hetero) is 1. The molecule has 0 amide bonds. The minimum atomic E-state index is -0.249.